The molecule has 7 nitrogen and oxygen atoms in total. The van der Waals surface area contributed by atoms with Gasteiger partial charge in [-0.15, -0.1) is 5.10 Å². The summed E-state index contributed by atoms with van der Waals surface area (Å²) >= 11 is 0. The van der Waals surface area contributed by atoms with Crippen molar-refractivity contribution in [3.63, 3.8) is 0 Å². The first-order valence-electron chi connectivity index (χ1n) is 9.78. The number of ether oxygens (including phenoxy) is 3. The fourth-order valence-electron chi connectivity index (χ4n) is 3.46. The SMILES string of the molecule is CCCCOc1ccc(C2C(C#N)=C(N)Oc3n[nH]c(C(C)(C)C)c32)cc1OC. The Labute approximate surface area is 171 Å². The second kappa shape index (κ2) is 8.08. The number of hydrogen-bond acceptors (Lipinski definition) is 6. The van der Waals surface area contributed by atoms with Crippen LogP contribution in [0, 0.1) is 11.3 Å². The van der Waals surface area contributed by atoms with E-state index in [1.807, 2.05) is 18.2 Å². The first kappa shape index (κ1) is 20.6. The lowest BCUT2D eigenvalue weighted by molar-refractivity contribution is 0.288. The van der Waals surface area contributed by atoms with Crippen LogP contribution in [0.3, 0.4) is 0 Å². The molecule has 2 aromatic rings. The minimum Gasteiger partial charge on any atom is -0.493 e. The number of fused-ring (bicyclic) bond motifs is 1. The first-order valence-corrected chi connectivity index (χ1v) is 9.78. The van der Waals surface area contributed by atoms with E-state index >= 15 is 0 Å². The number of unbranched alkanes of at least 4 members (excludes halogenated alkanes) is 1. The van der Waals surface area contributed by atoms with E-state index in [1.165, 1.54) is 0 Å². The van der Waals surface area contributed by atoms with Crippen LogP contribution >= 0.6 is 0 Å². The van der Waals surface area contributed by atoms with Gasteiger partial charge in [0, 0.05) is 11.1 Å². The molecule has 0 spiro atoms. The number of allylic oxidation sites excluding steroid dienone is 1. The van der Waals surface area contributed by atoms with E-state index in [4.69, 9.17) is 19.9 Å². The minimum absolute atomic E-state index is 0.0687. The number of benzene rings is 1. The highest BCUT2D eigenvalue weighted by molar-refractivity contribution is 5.58. The van der Waals surface area contributed by atoms with Crippen molar-refractivity contribution < 1.29 is 14.2 Å². The molecular weight excluding hydrogens is 368 g/mol. The van der Waals surface area contributed by atoms with Gasteiger partial charge in [-0.3, -0.25) is 5.10 Å². The fourth-order valence-corrected chi connectivity index (χ4v) is 3.46. The zero-order valence-corrected chi connectivity index (χ0v) is 17.6. The second-order valence-corrected chi connectivity index (χ2v) is 8.10. The Balaban J connectivity index is 2.12. The van der Waals surface area contributed by atoms with Crippen molar-refractivity contribution in [2.75, 3.05) is 13.7 Å². The fraction of sp³-hybridized carbons (Fsp3) is 0.455. The molecule has 0 amide bonds. The molecule has 0 saturated heterocycles. The van der Waals surface area contributed by atoms with Gasteiger partial charge in [0.25, 0.3) is 0 Å². The van der Waals surface area contributed by atoms with Crippen LogP contribution in [-0.4, -0.2) is 23.9 Å². The Morgan fingerprint density at radius 3 is 2.69 bits per heavy atom. The summed E-state index contributed by atoms with van der Waals surface area (Å²) in [4.78, 5) is 0. The number of methoxy groups -OCH3 is 1. The predicted octanol–water partition coefficient (Wildman–Crippen LogP) is 4.11. The van der Waals surface area contributed by atoms with Crippen LogP contribution < -0.4 is 19.9 Å². The molecule has 1 aliphatic rings. The highest BCUT2D eigenvalue weighted by Gasteiger charge is 2.38. The van der Waals surface area contributed by atoms with Crippen LogP contribution in [0.4, 0.5) is 0 Å². The van der Waals surface area contributed by atoms with E-state index < -0.39 is 5.92 Å². The van der Waals surface area contributed by atoms with Gasteiger partial charge in [0.2, 0.25) is 11.8 Å². The van der Waals surface area contributed by atoms with E-state index in [1.54, 1.807) is 7.11 Å². The van der Waals surface area contributed by atoms with Crippen LogP contribution in [0.2, 0.25) is 0 Å². The summed E-state index contributed by atoms with van der Waals surface area (Å²) in [5, 5.41) is 17.2. The maximum atomic E-state index is 9.82. The number of H-pyrrole nitrogens is 1. The molecule has 1 atom stereocenters. The smallest absolute Gasteiger partial charge is 0.244 e. The molecule has 3 rings (SSSR count). The van der Waals surface area contributed by atoms with E-state index in [-0.39, 0.29) is 11.3 Å². The summed E-state index contributed by atoms with van der Waals surface area (Å²) in [7, 11) is 1.61. The highest BCUT2D eigenvalue weighted by atomic mass is 16.5. The largest absolute Gasteiger partial charge is 0.493 e. The number of nitrogens with one attached hydrogen (secondary N) is 1. The standard InChI is InChI=1S/C22H28N4O3/c1-6-7-10-28-15-9-8-13(11-16(15)27-5)17-14(12-23)20(24)29-21-18(17)19(25-26-21)22(2,3)4/h8-9,11,17H,6-7,10,24H2,1-5H3,(H,25,26). The molecule has 0 fully saturated rings. The molecule has 29 heavy (non-hydrogen) atoms. The molecule has 1 aromatic carbocycles. The number of hydrogen-bond donors (Lipinski definition) is 2. The lowest BCUT2D eigenvalue weighted by Gasteiger charge is -2.27. The molecule has 0 radical (unpaired) electrons. The Hall–Kier alpha value is -3.14. The summed E-state index contributed by atoms with van der Waals surface area (Å²) < 4.78 is 17.1. The number of nitrogens with zero attached hydrogens (tertiary/aromatic N) is 2. The molecule has 3 N–H and O–H groups in total. The molecule has 1 aromatic heterocycles. The maximum absolute atomic E-state index is 9.82. The van der Waals surface area contributed by atoms with E-state index in [0.29, 0.717) is 29.6 Å². The van der Waals surface area contributed by atoms with Crippen molar-refractivity contribution in [3.8, 4) is 23.4 Å². The van der Waals surface area contributed by atoms with Gasteiger partial charge in [-0.2, -0.15) is 5.26 Å². The Morgan fingerprint density at radius 1 is 1.31 bits per heavy atom. The molecular formula is C22H28N4O3. The van der Waals surface area contributed by atoms with Crippen LogP contribution in [0.15, 0.2) is 29.7 Å². The van der Waals surface area contributed by atoms with Gasteiger partial charge < -0.3 is 19.9 Å². The average molecular weight is 396 g/mol. The molecule has 0 saturated carbocycles. The van der Waals surface area contributed by atoms with Crippen molar-refractivity contribution in [2.45, 2.75) is 51.9 Å². The maximum Gasteiger partial charge on any atom is 0.244 e. The lowest BCUT2D eigenvalue weighted by Crippen LogP contribution is -2.24. The second-order valence-electron chi connectivity index (χ2n) is 8.10. The Morgan fingerprint density at radius 2 is 2.07 bits per heavy atom. The van der Waals surface area contributed by atoms with Crippen molar-refractivity contribution in [2.24, 2.45) is 5.73 Å². The monoisotopic (exact) mass is 396 g/mol. The van der Waals surface area contributed by atoms with Gasteiger partial charge in [-0.05, 0) is 24.1 Å². The third kappa shape index (κ3) is 3.88. The molecule has 154 valence electrons. The van der Waals surface area contributed by atoms with Gasteiger partial charge in [-0.25, -0.2) is 0 Å². The van der Waals surface area contributed by atoms with Crippen molar-refractivity contribution >= 4 is 0 Å². The first-order chi connectivity index (χ1) is 13.8. The van der Waals surface area contributed by atoms with Gasteiger partial charge in [-0.1, -0.05) is 40.2 Å². The van der Waals surface area contributed by atoms with Crippen molar-refractivity contribution in [1.29, 1.82) is 5.26 Å². The summed E-state index contributed by atoms with van der Waals surface area (Å²) in [5.41, 5.74) is 8.78. The van der Waals surface area contributed by atoms with Crippen molar-refractivity contribution in [1.82, 2.24) is 10.2 Å². The quantitative estimate of drug-likeness (QED) is 0.712. The highest BCUT2D eigenvalue weighted by Crippen LogP contribution is 2.46. The predicted molar refractivity (Wildman–Crippen MR) is 110 cm³/mol. The zero-order chi connectivity index (χ0) is 21.2. The van der Waals surface area contributed by atoms with Crippen molar-refractivity contribution in [3.05, 3.63) is 46.5 Å². The van der Waals surface area contributed by atoms with Crippen LogP contribution in [0.25, 0.3) is 0 Å². The number of nitrogens with two attached hydrogens (primary N) is 1. The van der Waals surface area contributed by atoms with Gasteiger partial charge in [0.15, 0.2) is 11.5 Å². The van der Waals surface area contributed by atoms with Gasteiger partial charge in [0.1, 0.15) is 11.6 Å². The normalized spacial score (nSPS) is 16.1. The summed E-state index contributed by atoms with van der Waals surface area (Å²) in [6.45, 7) is 8.98. The molecule has 2 heterocycles. The zero-order valence-electron chi connectivity index (χ0n) is 17.6. The topological polar surface area (TPSA) is 106 Å². The molecule has 1 aliphatic heterocycles. The summed E-state index contributed by atoms with van der Waals surface area (Å²) in [6.07, 6.45) is 2.02. The Bertz CT molecular complexity index is 963. The van der Waals surface area contributed by atoms with E-state index in [2.05, 4.69) is 44.0 Å². The third-order valence-electron chi connectivity index (χ3n) is 4.97. The molecule has 1 unspecified atom stereocenters. The van der Waals surface area contributed by atoms with Crippen LogP contribution in [0.5, 0.6) is 17.4 Å². The average Bonchev–Trinajstić information content (AvgIpc) is 3.11. The number of nitriles is 1. The lowest BCUT2D eigenvalue weighted by atomic mass is 9.79. The van der Waals surface area contributed by atoms with E-state index in [9.17, 15) is 5.26 Å². The van der Waals surface area contributed by atoms with Gasteiger partial charge in [0.05, 0.1) is 25.2 Å². The Kier molecular flexibility index (Phi) is 5.73. The van der Waals surface area contributed by atoms with Crippen LogP contribution in [0.1, 0.15) is 63.3 Å². The van der Waals surface area contributed by atoms with Gasteiger partial charge >= 0.3 is 0 Å². The summed E-state index contributed by atoms with van der Waals surface area (Å²) in [5.74, 6) is 1.35. The molecule has 0 aliphatic carbocycles. The molecule has 7 heteroatoms. The number of rotatable bonds is 6. The summed E-state index contributed by atoms with van der Waals surface area (Å²) in [6, 6.07) is 7.93. The number of aromatic amines is 1. The third-order valence-corrected chi connectivity index (χ3v) is 4.97. The minimum atomic E-state index is -0.407. The van der Waals surface area contributed by atoms with Crippen LogP contribution in [-0.2, 0) is 5.41 Å². The molecule has 0 bridgehead atoms. The van der Waals surface area contributed by atoms with E-state index in [0.717, 1.165) is 29.7 Å². The number of aromatic nitrogens is 2.